The van der Waals surface area contributed by atoms with E-state index in [1.165, 1.54) is 5.56 Å². The first kappa shape index (κ1) is 13.9. The predicted octanol–water partition coefficient (Wildman–Crippen LogP) is 1.89. The van der Waals surface area contributed by atoms with Gasteiger partial charge in [0.25, 0.3) is 0 Å². The van der Waals surface area contributed by atoms with Gasteiger partial charge in [-0.05, 0) is 20.8 Å². The van der Waals surface area contributed by atoms with Crippen molar-refractivity contribution in [1.29, 1.82) is 0 Å². The van der Waals surface area contributed by atoms with Gasteiger partial charge in [0.05, 0.1) is 5.69 Å². The molecule has 0 atom stereocenters. The molecule has 1 N–H and O–H groups in total. The number of nitrogens with one attached hydrogen (secondary N) is 1. The van der Waals surface area contributed by atoms with E-state index in [-0.39, 0.29) is 0 Å². The van der Waals surface area contributed by atoms with E-state index < -0.39 is 0 Å². The maximum atomic E-state index is 4.47. The third-order valence-electron chi connectivity index (χ3n) is 3.09. The Morgan fingerprint density at radius 1 is 1.21 bits per heavy atom. The number of aryl methyl sites for hydroxylation is 3. The van der Waals surface area contributed by atoms with E-state index in [4.69, 9.17) is 0 Å². The largest absolute Gasteiger partial charge is 0.370 e. The fraction of sp³-hybridized carbons (Fsp3) is 0.583. The van der Waals surface area contributed by atoms with E-state index in [0.29, 0.717) is 0 Å². The topological polar surface area (TPSA) is 60.6 Å². The summed E-state index contributed by atoms with van der Waals surface area (Å²) in [4.78, 5) is 0. The van der Waals surface area contributed by atoms with E-state index in [0.717, 1.165) is 34.8 Å². The lowest BCUT2D eigenvalue weighted by molar-refractivity contribution is 0.759. The van der Waals surface area contributed by atoms with Gasteiger partial charge in [0.2, 0.25) is 0 Å². The third-order valence-corrected chi connectivity index (χ3v) is 4.14. The van der Waals surface area contributed by atoms with Gasteiger partial charge >= 0.3 is 0 Å². The van der Waals surface area contributed by atoms with Gasteiger partial charge in [0.15, 0.2) is 5.16 Å². The lowest BCUT2D eigenvalue weighted by Crippen LogP contribution is -2.05. The molecule has 7 heteroatoms. The lowest BCUT2D eigenvalue weighted by Gasteiger charge is -2.07. The molecule has 0 spiro atoms. The van der Waals surface area contributed by atoms with Crippen molar-refractivity contribution in [2.24, 2.45) is 14.1 Å². The molecule has 0 aliphatic heterocycles. The molecule has 0 bridgehead atoms. The molecule has 0 aliphatic carbocycles. The summed E-state index contributed by atoms with van der Waals surface area (Å²) in [6, 6.07) is 0. The Morgan fingerprint density at radius 2 is 1.95 bits per heavy atom. The minimum absolute atomic E-state index is 0.841. The molecule has 0 radical (unpaired) electrons. The van der Waals surface area contributed by atoms with Crippen molar-refractivity contribution in [3.8, 4) is 0 Å². The zero-order valence-electron chi connectivity index (χ0n) is 12.1. The number of hydrogen-bond donors (Lipinski definition) is 1. The lowest BCUT2D eigenvalue weighted by atomic mass is 10.3. The number of hydrogen-bond acceptors (Lipinski definition) is 5. The molecule has 0 aliphatic rings. The van der Waals surface area contributed by atoms with Crippen LogP contribution in [0.1, 0.15) is 24.0 Å². The Hall–Kier alpha value is -1.50. The van der Waals surface area contributed by atoms with Gasteiger partial charge in [-0.15, -0.1) is 10.2 Å². The summed E-state index contributed by atoms with van der Waals surface area (Å²) >= 11 is 1.68. The smallest absolute Gasteiger partial charge is 0.191 e. The van der Waals surface area contributed by atoms with E-state index >= 15 is 0 Å². The third kappa shape index (κ3) is 2.75. The monoisotopic (exact) mass is 280 g/mol. The van der Waals surface area contributed by atoms with Gasteiger partial charge < -0.3 is 9.88 Å². The second kappa shape index (κ2) is 5.64. The molecule has 0 unspecified atom stereocenters. The van der Waals surface area contributed by atoms with Gasteiger partial charge in [-0.2, -0.15) is 5.10 Å². The molecule has 2 aromatic heterocycles. The minimum Gasteiger partial charge on any atom is -0.370 e. The predicted molar refractivity (Wildman–Crippen MR) is 77.4 cm³/mol. The average Bonchev–Trinajstić information content (AvgIpc) is 2.81. The van der Waals surface area contributed by atoms with Crippen molar-refractivity contribution in [1.82, 2.24) is 24.5 Å². The van der Waals surface area contributed by atoms with Gasteiger partial charge in [-0.3, -0.25) is 4.68 Å². The van der Waals surface area contributed by atoms with Crippen molar-refractivity contribution >= 4 is 17.6 Å². The summed E-state index contributed by atoms with van der Waals surface area (Å²) in [5.74, 6) is 2.86. The molecule has 2 rings (SSSR count). The maximum absolute atomic E-state index is 4.47. The average molecular weight is 280 g/mol. The Bertz CT molecular complexity index is 571. The van der Waals surface area contributed by atoms with Crippen LogP contribution in [-0.2, 0) is 19.8 Å². The number of thioether (sulfide) groups is 1. The summed E-state index contributed by atoms with van der Waals surface area (Å²) in [6.45, 7) is 6.97. The van der Waals surface area contributed by atoms with E-state index in [1.807, 2.05) is 37.2 Å². The quantitative estimate of drug-likeness (QED) is 0.848. The Kier molecular flexibility index (Phi) is 4.14. The van der Waals surface area contributed by atoms with Gasteiger partial charge in [0, 0.05) is 32.0 Å². The van der Waals surface area contributed by atoms with Crippen molar-refractivity contribution < 1.29 is 0 Å². The van der Waals surface area contributed by atoms with Crippen LogP contribution in [0.5, 0.6) is 0 Å². The van der Waals surface area contributed by atoms with Crippen molar-refractivity contribution in [2.75, 3.05) is 11.9 Å². The normalized spacial score (nSPS) is 11.0. The van der Waals surface area contributed by atoms with E-state index in [2.05, 4.69) is 27.5 Å². The van der Waals surface area contributed by atoms with Crippen LogP contribution < -0.4 is 5.32 Å². The molecule has 19 heavy (non-hydrogen) atoms. The van der Waals surface area contributed by atoms with Crippen molar-refractivity contribution in [3.05, 3.63) is 17.1 Å². The fourth-order valence-electron chi connectivity index (χ4n) is 1.91. The Balaban J connectivity index is 2.17. The van der Waals surface area contributed by atoms with Crippen LogP contribution in [0, 0.1) is 13.8 Å². The highest BCUT2D eigenvalue weighted by Crippen LogP contribution is 2.27. The summed E-state index contributed by atoms with van der Waals surface area (Å²) < 4.78 is 3.90. The minimum atomic E-state index is 0.841. The Morgan fingerprint density at radius 3 is 2.53 bits per heavy atom. The molecule has 0 saturated carbocycles. The molecule has 6 nitrogen and oxygen atoms in total. The SMILES string of the molecule is CCNc1c(CSc2nnc(C)n2C)c(C)nn1C. The van der Waals surface area contributed by atoms with Crippen molar-refractivity contribution in [2.45, 2.75) is 31.7 Å². The van der Waals surface area contributed by atoms with Crippen LogP contribution in [0.2, 0.25) is 0 Å². The molecule has 2 heterocycles. The van der Waals surface area contributed by atoms with Crippen LogP contribution in [0.4, 0.5) is 5.82 Å². The van der Waals surface area contributed by atoms with Crippen LogP contribution >= 0.6 is 11.8 Å². The molecule has 0 aromatic carbocycles. The summed E-state index contributed by atoms with van der Waals surface area (Å²) in [5.41, 5.74) is 2.29. The Labute approximate surface area is 117 Å². The number of anilines is 1. The molecular weight excluding hydrogens is 260 g/mol. The zero-order chi connectivity index (χ0) is 14.0. The summed E-state index contributed by atoms with van der Waals surface area (Å²) in [6.07, 6.45) is 0. The second-order valence-electron chi connectivity index (χ2n) is 4.44. The van der Waals surface area contributed by atoms with Crippen molar-refractivity contribution in [3.63, 3.8) is 0 Å². The number of aromatic nitrogens is 5. The standard InChI is InChI=1S/C12H20N6S/c1-6-13-11-10(8(2)16-18(11)5)7-19-12-15-14-9(3)17(12)4/h13H,6-7H2,1-5H3. The molecule has 0 fully saturated rings. The highest BCUT2D eigenvalue weighted by atomic mass is 32.2. The number of nitrogens with zero attached hydrogens (tertiary/aromatic N) is 5. The number of rotatable bonds is 5. The van der Waals surface area contributed by atoms with Crippen LogP contribution in [0.15, 0.2) is 5.16 Å². The molecule has 0 amide bonds. The molecule has 104 valence electrons. The first-order valence-corrected chi connectivity index (χ1v) is 7.28. The van der Waals surface area contributed by atoms with Gasteiger partial charge in [-0.1, -0.05) is 11.8 Å². The highest BCUT2D eigenvalue weighted by molar-refractivity contribution is 7.98. The molecular formula is C12H20N6S. The second-order valence-corrected chi connectivity index (χ2v) is 5.39. The highest BCUT2D eigenvalue weighted by Gasteiger charge is 2.14. The van der Waals surface area contributed by atoms with E-state index in [1.54, 1.807) is 11.8 Å². The van der Waals surface area contributed by atoms with Crippen LogP contribution in [0.3, 0.4) is 0 Å². The maximum Gasteiger partial charge on any atom is 0.191 e. The first-order valence-electron chi connectivity index (χ1n) is 6.29. The first-order chi connectivity index (χ1) is 9.04. The molecule has 2 aromatic rings. The summed E-state index contributed by atoms with van der Waals surface area (Å²) in [5, 5.41) is 17.0. The zero-order valence-corrected chi connectivity index (χ0v) is 12.9. The van der Waals surface area contributed by atoms with Crippen LogP contribution in [-0.4, -0.2) is 31.1 Å². The van der Waals surface area contributed by atoms with Gasteiger partial charge in [-0.25, -0.2) is 0 Å². The fourth-order valence-corrected chi connectivity index (χ4v) is 2.96. The molecule has 0 saturated heterocycles. The van der Waals surface area contributed by atoms with Crippen LogP contribution in [0.25, 0.3) is 0 Å². The van der Waals surface area contributed by atoms with Gasteiger partial charge in [0.1, 0.15) is 11.6 Å². The van der Waals surface area contributed by atoms with E-state index in [9.17, 15) is 0 Å². The summed E-state index contributed by atoms with van der Waals surface area (Å²) in [7, 11) is 3.95.